The smallest absolute Gasteiger partial charge is 0.332 e. The van der Waals surface area contributed by atoms with Gasteiger partial charge in [0.25, 0.3) is 5.56 Å². The molecule has 0 atom stereocenters. The summed E-state index contributed by atoms with van der Waals surface area (Å²) in [6.45, 7) is 3.73. The maximum atomic E-state index is 13.8. The fourth-order valence-corrected chi connectivity index (χ4v) is 4.81. The van der Waals surface area contributed by atoms with Crippen molar-refractivity contribution in [3.63, 3.8) is 0 Å². The van der Waals surface area contributed by atoms with Crippen molar-refractivity contribution in [2.75, 3.05) is 25.1 Å². The van der Waals surface area contributed by atoms with Crippen LogP contribution in [0.5, 0.6) is 5.75 Å². The first-order valence-electron chi connectivity index (χ1n) is 13.5. The van der Waals surface area contributed by atoms with Gasteiger partial charge in [0.05, 0.1) is 24.7 Å². The lowest BCUT2D eigenvalue weighted by Gasteiger charge is -2.18. The highest BCUT2D eigenvalue weighted by molar-refractivity contribution is 5.77. The molecule has 0 aliphatic heterocycles. The average Bonchev–Trinajstić information content (AvgIpc) is 3.39. The molecule has 0 fully saturated rings. The van der Waals surface area contributed by atoms with E-state index in [0.29, 0.717) is 53.6 Å². The summed E-state index contributed by atoms with van der Waals surface area (Å²) < 4.78 is 10.4. The Morgan fingerprint density at radius 3 is 2.46 bits per heavy atom. The number of pyridine rings is 1. The molecule has 0 amide bonds. The average molecular weight is 550 g/mol. The number of imidazole rings is 1. The van der Waals surface area contributed by atoms with Crippen molar-refractivity contribution in [2.24, 2.45) is 7.05 Å². The molecule has 5 aromatic rings. The standard InChI is InChI=1S/C31H31N7O3/c1-4-17-37-27-29(36(3)31(40)38(30(27)39)21-24-10-6-5-9-23(24)20-32)34-28(37)22-12-14-25(15-13-22)41-19-18-35(2)26-11-7-8-16-33-26/h5-16H,4,17-19,21H2,1-3H3. The normalized spacial score (nSPS) is 11.0. The highest BCUT2D eigenvalue weighted by Gasteiger charge is 2.21. The summed E-state index contributed by atoms with van der Waals surface area (Å²) in [5, 5.41) is 9.50. The number of ether oxygens (including phenoxy) is 1. The number of rotatable bonds is 10. The number of aryl methyl sites for hydroxylation is 2. The van der Waals surface area contributed by atoms with E-state index in [-0.39, 0.29) is 6.54 Å². The van der Waals surface area contributed by atoms with Crippen molar-refractivity contribution in [2.45, 2.75) is 26.4 Å². The van der Waals surface area contributed by atoms with Crippen LogP contribution in [-0.4, -0.2) is 43.9 Å². The molecule has 208 valence electrons. The first-order valence-corrected chi connectivity index (χ1v) is 13.5. The molecule has 0 unspecified atom stereocenters. The van der Waals surface area contributed by atoms with E-state index in [1.54, 1.807) is 37.5 Å². The van der Waals surface area contributed by atoms with Crippen molar-refractivity contribution in [1.82, 2.24) is 23.7 Å². The molecule has 0 aliphatic carbocycles. The summed E-state index contributed by atoms with van der Waals surface area (Å²) in [7, 11) is 3.58. The van der Waals surface area contributed by atoms with Gasteiger partial charge >= 0.3 is 5.69 Å². The number of fused-ring (bicyclic) bond motifs is 1. The largest absolute Gasteiger partial charge is 0.492 e. The van der Waals surface area contributed by atoms with Gasteiger partial charge < -0.3 is 14.2 Å². The van der Waals surface area contributed by atoms with E-state index in [4.69, 9.17) is 9.72 Å². The summed E-state index contributed by atoms with van der Waals surface area (Å²) in [5.41, 5.74) is 1.61. The SMILES string of the molecule is CCCn1c(-c2ccc(OCCN(C)c3ccccn3)cc2)nc2c1c(=O)n(Cc1ccccc1C#N)c(=O)n2C. The van der Waals surface area contributed by atoms with Crippen LogP contribution in [-0.2, 0) is 20.1 Å². The van der Waals surface area contributed by atoms with Gasteiger partial charge in [-0.05, 0) is 54.4 Å². The lowest BCUT2D eigenvalue weighted by Crippen LogP contribution is -2.40. The van der Waals surface area contributed by atoms with Crippen LogP contribution in [0.25, 0.3) is 22.6 Å². The maximum Gasteiger partial charge on any atom is 0.332 e. The van der Waals surface area contributed by atoms with Gasteiger partial charge in [0.1, 0.15) is 24.0 Å². The number of benzene rings is 2. The summed E-state index contributed by atoms with van der Waals surface area (Å²) in [5.74, 6) is 2.20. The Labute approximate surface area is 237 Å². The van der Waals surface area contributed by atoms with Gasteiger partial charge in [-0.15, -0.1) is 0 Å². The van der Waals surface area contributed by atoms with Crippen molar-refractivity contribution in [3.8, 4) is 23.2 Å². The molecule has 0 spiro atoms. The van der Waals surface area contributed by atoms with Crippen LogP contribution in [0.1, 0.15) is 24.5 Å². The molecule has 5 rings (SSSR count). The van der Waals surface area contributed by atoms with E-state index in [0.717, 1.165) is 17.8 Å². The molecule has 0 bridgehead atoms. The Bertz CT molecular complexity index is 1830. The Balaban J connectivity index is 1.45. The maximum absolute atomic E-state index is 13.8. The number of anilines is 1. The van der Waals surface area contributed by atoms with Crippen LogP contribution in [0.3, 0.4) is 0 Å². The fourth-order valence-electron chi connectivity index (χ4n) is 4.81. The number of hydrogen-bond acceptors (Lipinski definition) is 7. The minimum absolute atomic E-state index is 0.000617. The van der Waals surface area contributed by atoms with Crippen LogP contribution in [0, 0.1) is 11.3 Å². The molecule has 0 aliphatic rings. The predicted molar refractivity (Wildman–Crippen MR) is 158 cm³/mol. The summed E-state index contributed by atoms with van der Waals surface area (Å²) in [4.78, 5) is 38.2. The second kappa shape index (κ2) is 11.9. The third-order valence-electron chi connectivity index (χ3n) is 6.99. The quantitative estimate of drug-likeness (QED) is 0.261. The highest BCUT2D eigenvalue weighted by atomic mass is 16.5. The summed E-state index contributed by atoms with van der Waals surface area (Å²) >= 11 is 0. The fraction of sp³-hybridized carbons (Fsp3) is 0.258. The van der Waals surface area contributed by atoms with Crippen LogP contribution in [0.15, 0.2) is 82.5 Å². The van der Waals surface area contributed by atoms with E-state index < -0.39 is 11.2 Å². The Hall–Kier alpha value is -5.17. The van der Waals surface area contributed by atoms with Crippen molar-refractivity contribution in [3.05, 3.63) is 105 Å². The third-order valence-corrected chi connectivity index (χ3v) is 6.99. The highest BCUT2D eigenvalue weighted by Crippen LogP contribution is 2.25. The lowest BCUT2D eigenvalue weighted by atomic mass is 10.1. The molecule has 41 heavy (non-hydrogen) atoms. The molecular formula is C31H31N7O3. The van der Waals surface area contributed by atoms with Crippen LogP contribution >= 0.6 is 0 Å². The van der Waals surface area contributed by atoms with E-state index in [1.807, 2.05) is 65.9 Å². The molecule has 10 nitrogen and oxygen atoms in total. The monoisotopic (exact) mass is 549 g/mol. The molecule has 3 aromatic heterocycles. The molecule has 0 N–H and O–H groups in total. The third kappa shape index (κ3) is 5.47. The Morgan fingerprint density at radius 1 is 1.00 bits per heavy atom. The lowest BCUT2D eigenvalue weighted by molar-refractivity contribution is 0.325. The van der Waals surface area contributed by atoms with Gasteiger partial charge in [-0.25, -0.2) is 14.8 Å². The van der Waals surface area contributed by atoms with Crippen LogP contribution in [0.2, 0.25) is 0 Å². The number of aromatic nitrogens is 5. The van der Waals surface area contributed by atoms with Gasteiger partial charge in [0.2, 0.25) is 0 Å². The molecule has 3 heterocycles. The Morgan fingerprint density at radius 2 is 1.76 bits per heavy atom. The minimum Gasteiger partial charge on any atom is -0.492 e. The number of hydrogen-bond donors (Lipinski definition) is 0. The number of likely N-dealkylation sites (N-methyl/N-ethyl adjacent to an activating group) is 1. The second-order valence-electron chi connectivity index (χ2n) is 9.74. The molecule has 2 aromatic carbocycles. The van der Waals surface area contributed by atoms with Gasteiger partial charge in [-0.3, -0.25) is 13.9 Å². The van der Waals surface area contributed by atoms with Crippen molar-refractivity contribution in [1.29, 1.82) is 5.26 Å². The zero-order chi connectivity index (χ0) is 28.9. The van der Waals surface area contributed by atoms with Gasteiger partial charge in [0, 0.05) is 32.4 Å². The molecular weight excluding hydrogens is 518 g/mol. The van der Waals surface area contributed by atoms with Gasteiger partial charge in [-0.2, -0.15) is 5.26 Å². The first kappa shape index (κ1) is 27.4. The van der Waals surface area contributed by atoms with E-state index in [2.05, 4.69) is 11.1 Å². The van der Waals surface area contributed by atoms with Gasteiger partial charge in [0.15, 0.2) is 11.2 Å². The Kier molecular flexibility index (Phi) is 7.97. The van der Waals surface area contributed by atoms with E-state index in [9.17, 15) is 14.9 Å². The van der Waals surface area contributed by atoms with Gasteiger partial charge in [-0.1, -0.05) is 31.2 Å². The number of nitrogens with zero attached hydrogens (tertiary/aromatic N) is 7. The summed E-state index contributed by atoms with van der Waals surface area (Å²) in [6.07, 6.45) is 2.53. The van der Waals surface area contributed by atoms with E-state index in [1.165, 1.54) is 9.13 Å². The summed E-state index contributed by atoms with van der Waals surface area (Å²) in [6, 6.07) is 22.5. The zero-order valence-electron chi connectivity index (χ0n) is 23.3. The second-order valence-corrected chi connectivity index (χ2v) is 9.74. The van der Waals surface area contributed by atoms with E-state index >= 15 is 0 Å². The number of nitriles is 1. The zero-order valence-corrected chi connectivity index (χ0v) is 23.3. The molecule has 0 saturated heterocycles. The first-order chi connectivity index (χ1) is 19.9. The van der Waals surface area contributed by atoms with Crippen LogP contribution < -0.4 is 20.9 Å². The molecule has 10 heteroatoms. The van der Waals surface area contributed by atoms with Crippen molar-refractivity contribution >= 4 is 17.0 Å². The van der Waals surface area contributed by atoms with Crippen molar-refractivity contribution < 1.29 is 4.74 Å². The predicted octanol–water partition coefficient (Wildman–Crippen LogP) is 3.80. The molecule has 0 saturated carbocycles. The molecule has 0 radical (unpaired) electrons. The minimum atomic E-state index is -0.484. The van der Waals surface area contributed by atoms with Crippen LogP contribution in [0.4, 0.5) is 5.82 Å². The topological polar surface area (TPSA) is 111 Å².